The van der Waals surface area contributed by atoms with Gasteiger partial charge < -0.3 is 4.74 Å². The second-order valence-electron chi connectivity index (χ2n) is 7.17. The molecule has 6 nitrogen and oxygen atoms in total. The molecule has 2 aliphatic rings. The zero-order chi connectivity index (χ0) is 18.4. The number of ether oxygens (including phenoxy) is 1. The van der Waals surface area contributed by atoms with Crippen LogP contribution in [0.5, 0.6) is 5.75 Å². The van der Waals surface area contributed by atoms with Gasteiger partial charge in [-0.25, -0.2) is 0 Å². The van der Waals surface area contributed by atoms with Crippen LogP contribution in [0.25, 0.3) is 0 Å². The summed E-state index contributed by atoms with van der Waals surface area (Å²) in [6.45, 7) is 2.15. The number of halogens is 1. The summed E-state index contributed by atoms with van der Waals surface area (Å²) < 4.78 is 6.31. The van der Waals surface area contributed by atoms with Gasteiger partial charge in [-0.1, -0.05) is 35.2 Å². The summed E-state index contributed by atoms with van der Waals surface area (Å²) in [6.07, 6.45) is 6.49. The van der Waals surface area contributed by atoms with Crippen LogP contribution in [0.15, 0.2) is 28.7 Å². The fraction of sp³-hybridized carbons (Fsp3) is 0.579. The van der Waals surface area contributed by atoms with Crippen molar-refractivity contribution in [3.63, 3.8) is 0 Å². The number of hydrogen-bond donors (Lipinski definition) is 2. The van der Waals surface area contributed by atoms with Crippen molar-refractivity contribution in [2.24, 2.45) is 11.8 Å². The number of fused-ring (bicyclic) bond motifs is 1. The maximum atomic E-state index is 12.1. The van der Waals surface area contributed by atoms with Crippen molar-refractivity contribution in [2.45, 2.75) is 32.1 Å². The molecule has 2 N–H and O–H groups in total. The van der Waals surface area contributed by atoms with Crippen LogP contribution in [0, 0.1) is 11.8 Å². The Morgan fingerprint density at radius 2 is 1.73 bits per heavy atom. The van der Waals surface area contributed by atoms with Gasteiger partial charge in [-0.15, -0.1) is 0 Å². The molecule has 2 atom stereocenters. The van der Waals surface area contributed by atoms with E-state index in [1.165, 1.54) is 32.1 Å². The number of rotatable bonds is 5. The van der Waals surface area contributed by atoms with Crippen LogP contribution in [0.1, 0.15) is 32.1 Å². The number of hydrogen-bond acceptors (Lipinski definition) is 4. The maximum absolute atomic E-state index is 12.1. The number of likely N-dealkylation sites (tertiary alicyclic amines) is 1. The molecule has 1 aliphatic heterocycles. The molecule has 1 aromatic carbocycles. The van der Waals surface area contributed by atoms with E-state index in [1.807, 2.05) is 12.1 Å². The minimum atomic E-state index is -0.382. The van der Waals surface area contributed by atoms with Crippen LogP contribution in [-0.2, 0) is 9.59 Å². The Kier molecular flexibility index (Phi) is 6.91. The Balaban J connectivity index is 1.33. The van der Waals surface area contributed by atoms with Crippen molar-refractivity contribution in [1.82, 2.24) is 15.8 Å². The number of hydrazine groups is 1. The van der Waals surface area contributed by atoms with Gasteiger partial charge in [0.25, 0.3) is 11.8 Å². The number of benzene rings is 1. The van der Waals surface area contributed by atoms with Crippen LogP contribution in [-0.4, -0.2) is 43.0 Å². The smallest absolute Gasteiger partial charge is 0.276 e. The molecule has 0 bridgehead atoms. The Labute approximate surface area is 162 Å². The molecule has 26 heavy (non-hydrogen) atoms. The molecule has 1 aromatic rings. The minimum Gasteiger partial charge on any atom is -0.484 e. The third kappa shape index (κ3) is 5.71. The molecule has 1 saturated carbocycles. The molecule has 0 spiro atoms. The van der Waals surface area contributed by atoms with Gasteiger partial charge in [0.2, 0.25) is 0 Å². The largest absolute Gasteiger partial charge is 0.484 e. The Hall–Kier alpha value is -1.60. The van der Waals surface area contributed by atoms with E-state index in [2.05, 4.69) is 31.7 Å². The number of carbonyl (C=O) groups excluding carboxylic acids is 2. The summed E-state index contributed by atoms with van der Waals surface area (Å²) in [4.78, 5) is 26.1. The van der Waals surface area contributed by atoms with Gasteiger partial charge in [0.05, 0.1) is 6.54 Å². The van der Waals surface area contributed by atoms with E-state index >= 15 is 0 Å². The molecule has 0 radical (unpaired) electrons. The van der Waals surface area contributed by atoms with Crippen molar-refractivity contribution in [3.05, 3.63) is 28.7 Å². The zero-order valence-corrected chi connectivity index (χ0v) is 16.5. The Morgan fingerprint density at radius 1 is 1.04 bits per heavy atom. The molecule has 2 amide bonds. The van der Waals surface area contributed by atoms with Crippen LogP contribution in [0.4, 0.5) is 0 Å². The average molecular weight is 424 g/mol. The van der Waals surface area contributed by atoms with Crippen LogP contribution >= 0.6 is 15.9 Å². The lowest BCUT2D eigenvalue weighted by atomic mass is 9.75. The van der Waals surface area contributed by atoms with E-state index in [1.54, 1.807) is 12.1 Å². The minimum absolute atomic E-state index is 0.143. The number of amides is 2. The second kappa shape index (κ2) is 9.37. The highest BCUT2D eigenvalue weighted by atomic mass is 79.9. The molecule has 142 valence electrons. The van der Waals surface area contributed by atoms with Gasteiger partial charge in [-0.2, -0.15) is 0 Å². The Bertz CT molecular complexity index is 623. The molecule has 0 aromatic heterocycles. The van der Waals surface area contributed by atoms with E-state index in [9.17, 15) is 9.59 Å². The zero-order valence-electron chi connectivity index (χ0n) is 14.9. The fourth-order valence-corrected chi connectivity index (χ4v) is 4.18. The lowest BCUT2D eigenvalue weighted by Gasteiger charge is -2.41. The third-order valence-corrected chi connectivity index (χ3v) is 5.80. The van der Waals surface area contributed by atoms with Crippen LogP contribution in [0.3, 0.4) is 0 Å². The number of piperidine rings is 1. The first-order chi connectivity index (χ1) is 12.6. The number of nitrogens with zero attached hydrogens (tertiary/aromatic N) is 1. The first-order valence-corrected chi connectivity index (χ1v) is 10.1. The molecule has 1 aliphatic carbocycles. The van der Waals surface area contributed by atoms with E-state index in [0.29, 0.717) is 12.3 Å². The standard InChI is InChI=1S/C19H26BrN3O3/c20-16-5-7-17(8-6-16)26-13-19(25)22-21-18(24)12-23-10-9-14-3-1-2-4-15(14)11-23/h5-8,14-15H,1-4,9-13H2,(H,21,24)(H,22,25)/t14-,15-/m1/s1. The summed E-state index contributed by atoms with van der Waals surface area (Å²) in [6, 6.07) is 7.21. The highest BCUT2D eigenvalue weighted by Crippen LogP contribution is 2.35. The van der Waals surface area contributed by atoms with Crippen LogP contribution < -0.4 is 15.6 Å². The SMILES string of the molecule is O=C(COc1ccc(Br)cc1)NNC(=O)CN1CC[C@H]2CCCC[C@@H]2C1. The molecular weight excluding hydrogens is 398 g/mol. The highest BCUT2D eigenvalue weighted by Gasteiger charge is 2.31. The normalized spacial score (nSPS) is 23.0. The van der Waals surface area contributed by atoms with E-state index in [0.717, 1.165) is 29.4 Å². The van der Waals surface area contributed by atoms with Crippen molar-refractivity contribution in [2.75, 3.05) is 26.2 Å². The first kappa shape index (κ1) is 19.2. The second-order valence-corrected chi connectivity index (χ2v) is 8.08. The van der Waals surface area contributed by atoms with Crippen molar-refractivity contribution >= 4 is 27.7 Å². The molecule has 1 saturated heterocycles. The van der Waals surface area contributed by atoms with Gasteiger partial charge in [-0.05, 0) is 55.5 Å². The first-order valence-electron chi connectivity index (χ1n) is 9.28. The quantitative estimate of drug-likeness (QED) is 0.713. The van der Waals surface area contributed by atoms with Gasteiger partial charge in [-0.3, -0.25) is 25.3 Å². The summed E-state index contributed by atoms with van der Waals surface area (Å²) >= 11 is 3.34. The average Bonchev–Trinajstić information content (AvgIpc) is 2.66. The summed E-state index contributed by atoms with van der Waals surface area (Å²) in [5.41, 5.74) is 4.89. The lowest BCUT2D eigenvalue weighted by Crippen LogP contribution is -2.50. The number of carbonyl (C=O) groups is 2. The summed E-state index contributed by atoms with van der Waals surface area (Å²) in [5, 5.41) is 0. The summed E-state index contributed by atoms with van der Waals surface area (Å²) in [7, 11) is 0. The van der Waals surface area contributed by atoms with E-state index in [4.69, 9.17) is 4.74 Å². The van der Waals surface area contributed by atoms with Crippen molar-refractivity contribution < 1.29 is 14.3 Å². The predicted molar refractivity (Wildman–Crippen MR) is 102 cm³/mol. The van der Waals surface area contributed by atoms with E-state index < -0.39 is 0 Å². The van der Waals surface area contributed by atoms with Crippen LogP contribution in [0.2, 0.25) is 0 Å². The fourth-order valence-electron chi connectivity index (χ4n) is 3.92. The Morgan fingerprint density at radius 3 is 2.50 bits per heavy atom. The molecule has 1 heterocycles. The summed E-state index contributed by atoms with van der Waals surface area (Å²) in [5.74, 6) is 1.62. The van der Waals surface area contributed by atoms with Crippen molar-refractivity contribution in [1.29, 1.82) is 0 Å². The van der Waals surface area contributed by atoms with E-state index in [-0.39, 0.29) is 18.4 Å². The highest BCUT2D eigenvalue weighted by molar-refractivity contribution is 9.10. The predicted octanol–water partition coefficient (Wildman–Crippen LogP) is 2.49. The van der Waals surface area contributed by atoms with Gasteiger partial charge in [0.15, 0.2) is 6.61 Å². The molecule has 0 unspecified atom stereocenters. The third-order valence-electron chi connectivity index (χ3n) is 5.27. The van der Waals surface area contributed by atoms with Crippen molar-refractivity contribution in [3.8, 4) is 5.75 Å². The molecule has 3 rings (SSSR count). The van der Waals surface area contributed by atoms with Gasteiger partial charge in [0.1, 0.15) is 5.75 Å². The maximum Gasteiger partial charge on any atom is 0.276 e. The molecule has 7 heteroatoms. The lowest BCUT2D eigenvalue weighted by molar-refractivity contribution is -0.130. The molecular formula is C19H26BrN3O3. The van der Waals surface area contributed by atoms with Gasteiger partial charge in [0, 0.05) is 11.0 Å². The molecule has 2 fully saturated rings. The topological polar surface area (TPSA) is 70.7 Å². The van der Waals surface area contributed by atoms with Gasteiger partial charge >= 0.3 is 0 Å². The number of nitrogens with one attached hydrogen (secondary N) is 2. The monoisotopic (exact) mass is 423 g/mol.